The molecule has 1 aromatic rings. The van der Waals surface area contributed by atoms with Crippen LogP contribution in [0.5, 0.6) is 0 Å². The van der Waals surface area contributed by atoms with Crippen molar-refractivity contribution in [1.82, 2.24) is 0 Å². The molecule has 0 saturated carbocycles. The Bertz CT molecular complexity index is 431. The number of allylic oxidation sites excluding steroid dienone is 1. The van der Waals surface area contributed by atoms with Crippen LogP contribution in [0.1, 0.15) is 24.3 Å². The Morgan fingerprint density at radius 1 is 1.25 bits per heavy atom. The van der Waals surface area contributed by atoms with Gasteiger partial charge in [0, 0.05) is 16.4 Å². The van der Waals surface area contributed by atoms with E-state index < -0.39 is 6.04 Å². The van der Waals surface area contributed by atoms with Gasteiger partial charge in [-0.15, -0.1) is 0 Å². The SMILES string of the molecule is O=[N+]([O-])[C@H]1CC=CC[C@H]1c1ccccc1Cl. The molecule has 2 rings (SSSR count). The van der Waals surface area contributed by atoms with Crippen LogP contribution in [0.2, 0.25) is 5.02 Å². The molecular weight excluding hydrogens is 226 g/mol. The molecule has 1 aromatic carbocycles. The van der Waals surface area contributed by atoms with E-state index in [1.54, 1.807) is 6.07 Å². The summed E-state index contributed by atoms with van der Waals surface area (Å²) >= 11 is 6.08. The van der Waals surface area contributed by atoms with Crippen molar-refractivity contribution < 1.29 is 4.92 Å². The smallest absolute Gasteiger partial charge is 0.223 e. The summed E-state index contributed by atoms with van der Waals surface area (Å²) in [6, 6.07) is 6.82. The van der Waals surface area contributed by atoms with Gasteiger partial charge >= 0.3 is 0 Å². The van der Waals surface area contributed by atoms with Gasteiger partial charge in [0.2, 0.25) is 6.04 Å². The second-order valence-corrected chi connectivity index (χ2v) is 4.33. The quantitative estimate of drug-likeness (QED) is 0.449. The maximum atomic E-state index is 11.0. The Balaban J connectivity index is 2.35. The molecule has 1 aliphatic rings. The monoisotopic (exact) mass is 237 g/mol. The van der Waals surface area contributed by atoms with Gasteiger partial charge in [-0.25, -0.2) is 0 Å². The first-order valence-corrected chi connectivity index (χ1v) is 5.61. The molecule has 3 nitrogen and oxygen atoms in total. The Kier molecular flexibility index (Phi) is 3.25. The summed E-state index contributed by atoms with van der Waals surface area (Å²) in [6.45, 7) is 0. The van der Waals surface area contributed by atoms with Crippen LogP contribution < -0.4 is 0 Å². The van der Waals surface area contributed by atoms with E-state index in [0.717, 1.165) is 5.56 Å². The van der Waals surface area contributed by atoms with Crippen LogP contribution in [0.15, 0.2) is 36.4 Å². The molecule has 0 amide bonds. The Morgan fingerprint density at radius 2 is 1.94 bits per heavy atom. The van der Waals surface area contributed by atoms with Crippen molar-refractivity contribution in [2.75, 3.05) is 0 Å². The molecule has 0 aliphatic heterocycles. The summed E-state index contributed by atoms with van der Waals surface area (Å²) in [5.41, 5.74) is 0.884. The van der Waals surface area contributed by atoms with Crippen LogP contribution in [0.25, 0.3) is 0 Å². The summed E-state index contributed by atoms with van der Waals surface area (Å²) in [7, 11) is 0. The highest BCUT2D eigenvalue weighted by Crippen LogP contribution is 2.34. The lowest BCUT2D eigenvalue weighted by Gasteiger charge is -2.23. The highest BCUT2D eigenvalue weighted by atomic mass is 35.5. The minimum Gasteiger partial charge on any atom is -0.264 e. The molecular formula is C12H12ClNO2. The molecule has 0 radical (unpaired) electrons. The summed E-state index contributed by atoms with van der Waals surface area (Å²) in [6.07, 6.45) is 5.05. The van der Waals surface area contributed by atoms with Crippen molar-refractivity contribution in [1.29, 1.82) is 0 Å². The first kappa shape index (κ1) is 11.1. The van der Waals surface area contributed by atoms with Gasteiger partial charge in [-0.2, -0.15) is 0 Å². The van der Waals surface area contributed by atoms with Crippen LogP contribution >= 0.6 is 11.6 Å². The molecule has 4 heteroatoms. The second-order valence-electron chi connectivity index (χ2n) is 3.92. The van der Waals surface area contributed by atoms with E-state index in [4.69, 9.17) is 11.6 Å². The fraction of sp³-hybridized carbons (Fsp3) is 0.333. The highest BCUT2D eigenvalue weighted by Gasteiger charge is 2.33. The summed E-state index contributed by atoms with van der Waals surface area (Å²) < 4.78 is 0. The minimum absolute atomic E-state index is 0.103. The van der Waals surface area contributed by atoms with Crippen molar-refractivity contribution in [2.45, 2.75) is 24.8 Å². The number of hydrogen-bond donors (Lipinski definition) is 0. The highest BCUT2D eigenvalue weighted by molar-refractivity contribution is 6.31. The van der Waals surface area contributed by atoms with Crippen LogP contribution in [-0.2, 0) is 0 Å². The standard InChI is InChI=1S/C12H12ClNO2/c13-11-7-3-1-5-9(11)10-6-2-4-8-12(10)14(15)16/h1-5,7,10,12H,6,8H2/t10-,12-/m0/s1. The summed E-state index contributed by atoms with van der Waals surface area (Å²) in [4.78, 5) is 10.8. The molecule has 0 fully saturated rings. The third-order valence-corrected chi connectivity index (χ3v) is 3.32. The number of halogens is 1. The molecule has 1 aliphatic carbocycles. The van der Waals surface area contributed by atoms with Gasteiger partial charge in [-0.3, -0.25) is 10.1 Å². The zero-order valence-electron chi connectivity index (χ0n) is 8.67. The average Bonchev–Trinajstić information content (AvgIpc) is 2.29. The number of hydrogen-bond acceptors (Lipinski definition) is 2. The molecule has 2 atom stereocenters. The molecule has 0 bridgehead atoms. The van der Waals surface area contributed by atoms with Crippen LogP contribution in [0.4, 0.5) is 0 Å². The zero-order valence-corrected chi connectivity index (χ0v) is 9.43. The van der Waals surface area contributed by atoms with E-state index in [1.807, 2.05) is 30.4 Å². The van der Waals surface area contributed by atoms with Gasteiger partial charge in [-0.1, -0.05) is 42.0 Å². The van der Waals surface area contributed by atoms with Gasteiger partial charge in [0.15, 0.2) is 0 Å². The van der Waals surface area contributed by atoms with Crippen molar-refractivity contribution in [3.8, 4) is 0 Å². The third kappa shape index (κ3) is 2.09. The first-order chi connectivity index (χ1) is 7.70. The van der Waals surface area contributed by atoms with Gasteiger partial charge in [0.25, 0.3) is 0 Å². The van der Waals surface area contributed by atoms with Crippen LogP contribution in [-0.4, -0.2) is 11.0 Å². The Hall–Kier alpha value is -1.35. The van der Waals surface area contributed by atoms with Crippen molar-refractivity contribution in [2.24, 2.45) is 0 Å². The molecule has 84 valence electrons. The molecule has 0 saturated heterocycles. The summed E-state index contributed by atoms with van der Waals surface area (Å²) in [5, 5.41) is 11.6. The second kappa shape index (κ2) is 4.66. The van der Waals surface area contributed by atoms with Crippen LogP contribution in [0, 0.1) is 10.1 Å². The van der Waals surface area contributed by atoms with Gasteiger partial charge in [0.1, 0.15) is 0 Å². The molecule has 0 heterocycles. The number of rotatable bonds is 2. The number of nitrogens with zero attached hydrogens (tertiary/aromatic N) is 1. The predicted molar refractivity (Wildman–Crippen MR) is 63.3 cm³/mol. The van der Waals surface area contributed by atoms with E-state index in [1.165, 1.54) is 0 Å². The van der Waals surface area contributed by atoms with Gasteiger partial charge < -0.3 is 0 Å². The predicted octanol–water partition coefficient (Wildman–Crippen LogP) is 3.42. The Morgan fingerprint density at radius 3 is 2.62 bits per heavy atom. The number of nitro groups is 1. The lowest BCUT2D eigenvalue weighted by molar-refractivity contribution is -0.526. The topological polar surface area (TPSA) is 43.1 Å². The van der Waals surface area contributed by atoms with Gasteiger partial charge in [0.05, 0.1) is 5.92 Å². The lowest BCUT2D eigenvalue weighted by atomic mass is 9.84. The molecule has 0 unspecified atom stereocenters. The van der Waals surface area contributed by atoms with Crippen molar-refractivity contribution in [3.63, 3.8) is 0 Å². The fourth-order valence-corrected chi connectivity index (χ4v) is 2.42. The summed E-state index contributed by atoms with van der Waals surface area (Å²) in [5.74, 6) is -0.103. The zero-order chi connectivity index (χ0) is 11.5. The lowest BCUT2D eigenvalue weighted by Crippen LogP contribution is -2.28. The van der Waals surface area contributed by atoms with E-state index in [9.17, 15) is 10.1 Å². The van der Waals surface area contributed by atoms with E-state index in [2.05, 4.69) is 0 Å². The fourth-order valence-electron chi connectivity index (χ4n) is 2.14. The van der Waals surface area contributed by atoms with Crippen LogP contribution in [0.3, 0.4) is 0 Å². The minimum atomic E-state index is -0.551. The van der Waals surface area contributed by atoms with E-state index >= 15 is 0 Å². The van der Waals surface area contributed by atoms with E-state index in [-0.39, 0.29) is 10.8 Å². The van der Waals surface area contributed by atoms with Crippen molar-refractivity contribution >= 4 is 11.6 Å². The molecule has 0 aromatic heterocycles. The average molecular weight is 238 g/mol. The third-order valence-electron chi connectivity index (χ3n) is 2.97. The molecule has 0 spiro atoms. The maximum absolute atomic E-state index is 11.0. The maximum Gasteiger partial charge on any atom is 0.223 e. The van der Waals surface area contributed by atoms with Crippen molar-refractivity contribution in [3.05, 3.63) is 57.1 Å². The molecule has 16 heavy (non-hydrogen) atoms. The Labute approximate surface area is 98.9 Å². The van der Waals surface area contributed by atoms with E-state index in [0.29, 0.717) is 17.9 Å². The molecule has 0 N–H and O–H groups in total. The first-order valence-electron chi connectivity index (χ1n) is 5.23. The van der Waals surface area contributed by atoms with Gasteiger partial charge in [-0.05, 0) is 18.1 Å². The normalized spacial score (nSPS) is 24.3. The number of benzene rings is 1. The largest absolute Gasteiger partial charge is 0.264 e.